The molecule has 66 valence electrons. The van der Waals surface area contributed by atoms with Crippen LogP contribution in [-0.2, 0) is 5.54 Å². The van der Waals surface area contributed by atoms with Gasteiger partial charge in [-0.25, -0.2) is 0 Å². The largest absolute Gasteiger partial charge is 0.359 e. The molecule has 3 nitrogen and oxygen atoms in total. The van der Waals surface area contributed by atoms with E-state index in [0.717, 1.165) is 24.3 Å². The van der Waals surface area contributed by atoms with Crippen molar-refractivity contribution < 1.29 is 4.52 Å². The van der Waals surface area contributed by atoms with Crippen LogP contribution >= 0.6 is 0 Å². The molecular weight excluding hydrogens is 152 g/mol. The molecule has 0 amide bonds. The Morgan fingerprint density at radius 2 is 2.17 bits per heavy atom. The summed E-state index contributed by atoms with van der Waals surface area (Å²) in [6.07, 6.45) is 4.47. The Hall–Kier alpha value is -0.830. The molecule has 0 bridgehead atoms. The Morgan fingerprint density at radius 3 is 2.67 bits per heavy atom. The zero-order valence-corrected chi connectivity index (χ0v) is 7.34. The summed E-state index contributed by atoms with van der Waals surface area (Å²) in [4.78, 5) is 0. The van der Waals surface area contributed by atoms with Crippen LogP contribution in [0, 0.1) is 6.92 Å². The maximum Gasteiger partial charge on any atom is 0.156 e. The maximum atomic E-state index is 6.16. The van der Waals surface area contributed by atoms with E-state index in [-0.39, 0.29) is 5.54 Å². The lowest BCUT2D eigenvalue weighted by atomic mass is 9.96. The van der Waals surface area contributed by atoms with Gasteiger partial charge in [-0.2, -0.15) is 0 Å². The number of hydrogen-bond acceptors (Lipinski definition) is 3. The molecule has 1 aromatic heterocycles. The van der Waals surface area contributed by atoms with Crippen molar-refractivity contribution in [3.8, 4) is 0 Å². The number of nitrogens with zero attached hydrogens (tertiary/aromatic N) is 1. The monoisotopic (exact) mass is 166 g/mol. The van der Waals surface area contributed by atoms with Crippen LogP contribution in [0.2, 0.25) is 0 Å². The number of aryl methyl sites for hydroxylation is 1. The first-order valence-corrected chi connectivity index (χ1v) is 4.43. The molecule has 1 heterocycles. The fourth-order valence-electron chi connectivity index (χ4n) is 1.85. The van der Waals surface area contributed by atoms with Gasteiger partial charge in [0.2, 0.25) is 0 Å². The number of rotatable bonds is 1. The van der Waals surface area contributed by atoms with Crippen LogP contribution in [0.3, 0.4) is 0 Å². The van der Waals surface area contributed by atoms with Crippen molar-refractivity contribution in [3.63, 3.8) is 0 Å². The normalized spacial score (nSPS) is 21.5. The third-order valence-corrected chi connectivity index (χ3v) is 2.61. The highest BCUT2D eigenvalue weighted by Crippen LogP contribution is 2.36. The van der Waals surface area contributed by atoms with Gasteiger partial charge >= 0.3 is 0 Å². The van der Waals surface area contributed by atoms with E-state index < -0.39 is 0 Å². The molecule has 0 spiro atoms. The second-order valence-electron chi connectivity index (χ2n) is 3.70. The second kappa shape index (κ2) is 2.59. The average Bonchev–Trinajstić information content (AvgIpc) is 2.59. The first kappa shape index (κ1) is 7.80. The number of nitrogens with two attached hydrogens (primary N) is 1. The molecule has 2 N–H and O–H groups in total. The van der Waals surface area contributed by atoms with Gasteiger partial charge in [-0.15, -0.1) is 0 Å². The molecule has 1 aliphatic carbocycles. The predicted octanol–water partition coefficient (Wildman–Crippen LogP) is 1.71. The molecule has 0 aromatic carbocycles. The fraction of sp³-hybridized carbons (Fsp3) is 0.667. The van der Waals surface area contributed by atoms with Gasteiger partial charge in [0.25, 0.3) is 0 Å². The summed E-state index contributed by atoms with van der Waals surface area (Å²) in [6, 6.07) is 1.95. The lowest BCUT2D eigenvalue weighted by molar-refractivity contribution is 0.293. The quantitative estimate of drug-likeness (QED) is 0.691. The maximum absolute atomic E-state index is 6.16. The third-order valence-electron chi connectivity index (χ3n) is 2.61. The van der Waals surface area contributed by atoms with E-state index >= 15 is 0 Å². The smallest absolute Gasteiger partial charge is 0.156 e. The van der Waals surface area contributed by atoms with Crippen LogP contribution in [0.15, 0.2) is 10.6 Å². The summed E-state index contributed by atoms with van der Waals surface area (Å²) < 4.78 is 5.18. The minimum Gasteiger partial charge on any atom is -0.359 e. The summed E-state index contributed by atoms with van der Waals surface area (Å²) >= 11 is 0. The molecular formula is C9H14N2O. The Balaban J connectivity index is 2.28. The van der Waals surface area contributed by atoms with Gasteiger partial charge in [0, 0.05) is 6.07 Å². The van der Waals surface area contributed by atoms with E-state index in [1.54, 1.807) is 0 Å². The highest BCUT2D eigenvalue weighted by molar-refractivity contribution is 5.15. The SMILES string of the molecule is Cc1cc(C2(N)CCCC2)on1. The molecule has 0 saturated heterocycles. The van der Waals surface area contributed by atoms with Gasteiger partial charge in [0.15, 0.2) is 5.76 Å². The summed E-state index contributed by atoms with van der Waals surface area (Å²) in [5.74, 6) is 0.859. The van der Waals surface area contributed by atoms with E-state index in [0.29, 0.717) is 0 Å². The van der Waals surface area contributed by atoms with Gasteiger partial charge < -0.3 is 10.3 Å². The van der Waals surface area contributed by atoms with Gasteiger partial charge in [-0.1, -0.05) is 18.0 Å². The number of aromatic nitrogens is 1. The molecule has 12 heavy (non-hydrogen) atoms. The van der Waals surface area contributed by atoms with Crippen LogP contribution in [0.4, 0.5) is 0 Å². The minimum absolute atomic E-state index is 0.221. The standard InChI is InChI=1S/C9H14N2O/c1-7-6-8(12-11-7)9(10)4-2-3-5-9/h6H,2-5,10H2,1H3. The predicted molar refractivity (Wildman–Crippen MR) is 45.6 cm³/mol. The molecule has 0 aliphatic heterocycles. The van der Waals surface area contributed by atoms with Crippen molar-refractivity contribution in [1.82, 2.24) is 5.16 Å². The fourth-order valence-corrected chi connectivity index (χ4v) is 1.85. The van der Waals surface area contributed by atoms with Crippen molar-refractivity contribution in [3.05, 3.63) is 17.5 Å². The summed E-state index contributed by atoms with van der Waals surface area (Å²) in [7, 11) is 0. The van der Waals surface area contributed by atoms with Crippen molar-refractivity contribution in [1.29, 1.82) is 0 Å². The topological polar surface area (TPSA) is 52.0 Å². The van der Waals surface area contributed by atoms with E-state index in [4.69, 9.17) is 10.3 Å². The summed E-state index contributed by atoms with van der Waals surface area (Å²) in [5, 5.41) is 3.85. The first-order valence-electron chi connectivity index (χ1n) is 4.43. The molecule has 2 rings (SSSR count). The Morgan fingerprint density at radius 1 is 1.50 bits per heavy atom. The van der Waals surface area contributed by atoms with E-state index in [2.05, 4.69) is 5.16 Å². The van der Waals surface area contributed by atoms with E-state index in [1.807, 2.05) is 13.0 Å². The molecule has 1 aliphatic rings. The van der Waals surface area contributed by atoms with E-state index in [1.165, 1.54) is 12.8 Å². The molecule has 3 heteroatoms. The Kier molecular flexibility index (Phi) is 1.68. The average molecular weight is 166 g/mol. The van der Waals surface area contributed by atoms with Crippen molar-refractivity contribution in [2.45, 2.75) is 38.1 Å². The molecule has 1 aromatic rings. The second-order valence-corrected chi connectivity index (χ2v) is 3.70. The zero-order chi connectivity index (χ0) is 8.60. The van der Waals surface area contributed by atoms with Crippen LogP contribution < -0.4 is 5.73 Å². The Labute approximate surface area is 71.9 Å². The molecule has 1 saturated carbocycles. The Bertz CT molecular complexity index is 274. The van der Waals surface area contributed by atoms with Gasteiger partial charge in [0.1, 0.15) is 0 Å². The summed E-state index contributed by atoms with van der Waals surface area (Å²) in [5.41, 5.74) is 6.86. The van der Waals surface area contributed by atoms with Gasteiger partial charge in [0.05, 0.1) is 11.2 Å². The van der Waals surface area contributed by atoms with Crippen LogP contribution in [0.1, 0.15) is 37.1 Å². The molecule has 0 unspecified atom stereocenters. The van der Waals surface area contributed by atoms with Crippen molar-refractivity contribution in [2.24, 2.45) is 5.73 Å². The number of hydrogen-bond donors (Lipinski definition) is 1. The lowest BCUT2D eigenvalue weighted by Gasteiger charge is -2.18. The summed E-state index contributed by atoms with van der Waals surface area (Å²) in [6.45, 7) is 1.92. The minimum atomic E-state index is -0.221. The first-order chi connectivity index (χ1) is 5.71. The van der Waals surface area contributed by atoms with E-state index in [9.17, 15) is 0 Å². The van der Waals surface area contributed by atoms with Crippen LogP contribution in [0.25, 0.3) is 0 Å². The highest BCUT2D eigenvalue weighted by atomic mass is 16.5. The highest BCUT2D eigenvalue weighted by Gasteiger charge is 2.34. The van der Waals surface area contributed by atoms with Crippen molar-refractivity contribution >= 4 is 0 Å². The lowest BCUT2D eigenvalue weighted by Crippen LogP contribution is -2.32. The van der Waals surface area contributed by atoms with Gasteiger partial charge in [-0.05, 0) is 19.8 Å². The van der Waals surface area contributed by atoms with Crippen molar-refractivity contribution in [2.75, 3.05) is 0 Å². The van der Waals surface area contributed by atoms with Crippen LogP contribution in [0.5, 0.6) is 0 Å². The third kappa shape index (κ3) is 1.14. The zero-order valence-electron chi connectivity index (χ0n) is 7.34. The molecule has 1 fully saturated rings. The molecule has 0 atom stereocenters. The van der Waals surface area contributed by atoms with Gasteiger partial charge in [-0.3, -0.25) is 0 Å². The molecule has 0 radical (unpaired) electrons. The van der Waals surface area contributed by atoms with Crippen LogP contribution in [-0.4, -0.2) is 5.16 Å².